The van der Waals surface area contributed by atoms with Crippen molar-refractivity contribution in [1.82, 2.24) is 14.5 Å². The molecule has 0 saturated carbocycles. The molecule has 2 unspecified atom stereocenters. The second-order valence-corrected chi connectivity index (χ2v) is 5.95. The smallest absolute Gasteiger partial charge is 0.253 e. The van der Waals surface area contributed by atoms with Gasteiger partial charge < -0.3 is 9.30 Å². The maximum absolute atomic E-state index is 11.8. The second-order valence-electron chi connectivity index (χ2n) is 5.95. The van der Waals surface area contributed by atoms with E-state index in [1.807, 2.05) is 30.6 Å². The molecule has 0 spiro atoms. The number of imidazole rings is 1. The molecule has 6 heteroatoms. The van der Waals surface area contributed by atoms with Gasteiger partial charge in [-0.2, -0.15) is 0 Å². The molecule has 2 aliphatic rings. The SMILES string of the molecule is O=C1C=CC(=O)N1CC1CCOCC1n1cnc2ccccc21. The number of rotatable bonds is 3. The van der Waals surface area contributed by atoms with Gasteiger partial charge in [0.05, 0.1) is 30.0 Å². The normalized spacial score (nSPS) is 24.8. The lowest BCUT2D eigenvalue weighted by atomic mass is 9.93. The van der Waals surface area contributed by atoms with Crippen molar-refractivity contribution >= 4 is 22.8 Å². The summed E-state index contributed by atoms with van der Waals surface area (Å²) in [6.07, 6.45) is 5.31. The van der Waals surface area contributed by atoms with Gasteiger partial charge in [0.1, 0.15) is 0 Å². The zero-order valence-corrected chi connectivity index (χ0v) is 12.6. The van der Waals surface area contributed by atoms with Crippen LogP contribution in [0, 0.1) is 5.92 Å². The van der Waals surface area contributed by atoms with Crippen LogP contribution < -0.4 is 0 Å². The van der Waals surface area contributed by atoms with Crippen LogP contribution in [0.5, 0.6) is 0 Å². The summed E-state index contributed by atoms with van der Waals surface area (Å²) >= 11 is 0. The molecule has 2 atom stereocenters. The molecule has 0 N–H and O–H groups in total. The van der Waals surface area contributed by atoms with Gasteiger partial charge in [-0.15, -0.1) is 0 Å². The van der Waals surface area contributed by atoms with Gasteiger partial charge in [0.2, 0.25) is 0 Å². The minimum atomic E-state index is -0.226. The second kappa shape index (κ2) is 5.62. The van der Waals surface area contributed by atoms with Gasteiger partial charge in [0.15, 0.2) is 0 Å². The van der Waals surface area contributed by atoms with E-state index in [1.54, 1.807) is 0 Å². The van der Waals surface area contributed by atoms with Crippen molar-refractivity contribution in [2.24, 2.45) is 5.92 Å². The Bertz CT molecular complexity index is 777. The monoisotopic (exact) mass is 311 g/mol. The lowest BCUT2D eigenvalue weighted by Gasteiger charge is -2.34. The molecule has 6 nitrogen and oxygen atoms in total. The Morgan fingerprint density at radius 2 is 1.96 bits per heavy atom. The number of hydrogen-bond acceptors (Lipinski definition) is 4. The first-order chi connectivity index (χ1) is 11.2. The van der Waals surface area contributed by atoms with Gasteiger partial charge in [-0.25, -0.2) is 4.98 Å². The van der Waals surface area contributed by atoms with Crippen LogP contribution in [0.1, 0.15) is 12.5 Å². The van der Waals surface area contributed by atoms with E-state index in [0.29, 0.717) is 19.8 Å². The van der Waals surface area contributed by atoms with Gasteiger partial charge in [-0.1, -0.05) is 12.1 Å². The third-order valence-electron chi connectivity index (χ3n) is 4.62. The van der Waals surface area contributed by atoms with Gasteiger partial charge in [-0.05, 0) is 18.6 Å². The zero-order valence-electron chi connectivity index (χ0n) is 12.6. The minimum Gasteiger partial charge on any atom is -0.379 e. The Labute approximate surface area is 133 Å². The summed E-state index contributed by atoms with van der Waals surface area (Å²) in [4.78, 5) is 29.4. The van der Waals surface area contributed by atoms with E-state index in [-0.39, 0.29) is 23.8 Å². The van der Waals surface area contributed by atoms with Crippen molar-refractivity contribution in [1.29, 1.82) is 0 Å². The third-order valence-corrected chi connectivity index (χ3v) is 4.62. The molecule has 1 aromatic heterocycles. The lowest BCUT2D eigenvalue weighted by Crippen LogP contribution is -2.41. The van der Waals surface area contributed by atoms with Crippen molar-refractivity contribution in [2.75, 3.05) is 19.8 Å². The van der Waals surface area contributed by atoms with Crippen LogP contribution >= 0.6 is 0 Å². The highest BCUT2D eigenvalue weighted by molar-refractivity contribution is 6.12. The Kier molecular flexibility index (Phi) is 3.46. The van der Waals surface area contributed by atoms with Gasteiger partial charge in [0.25, 0.3) is 11.8 Å². The lowest BCUT2D eigenvalue weighted by molar-refractivity contribution is -0.138. The number of para-hydroxylation sites is 2. The average Bonchev–Trinajstić information content (AvgIpc) is 3.14. The van der Waals surface area contributed by atoms with Crippen LogP contribution in [0.4, 0.5) is 0 Å². The predicted octanol–water partition coefficient (Wildman–Crippen LogP) is 1.54. The van der Waals surface area contributed by atoms with Crippen molar-refractivity contribution in [3.05, 3.63) is 42.7 Å². The number of carbonyl (C=O) groups excluding carboxylic acids is 2. The molecule has 0 aliphatic carbocycles. The molecule has 1 saturated heterocycles. The molecule has 23 heavy (non-hydrogen) atoms. The number of imide groups is 1. The molecular formula is C17H17N3O3. The topological polar surface area (TPSA) is 64.4 Å². The fourth-order valence-electron chi connectivity index (χ4n) is 3.38. The Hall–Kier alpha value is -2.47. The summed E-state index contributed by atoms with van der Waals surface area (Å²) < 4.78 is 7.76. The number of benzene rings is 1. The van der Waals surface area contributed by atoms with E-state index in [2.05, 4.69) is 9.55 Å². The first-order valence-corrected chi connectivity index (χ1v) is 7.77. The van der Waals surface area contributed by atoms with E-state index >= 15 is 0 Å². The summed E-state index contributed by atoms with van der Waals surface area (Å²) in [5, 5.41) is 0. The fraction of sp³-hybridized carbons (Fsp3) is 0.353. The number of hydrogen-bond donors (Lipinski definition) is 0. The minimum absolute atomic E-state index is 0.0670. The van der Waals surface area contributed by atoms with Crippen LogP contribution in [0.15, 0.2) is 42.7 Å². The number of aromatic nitrogens is 2. The van der Waals surface area contributed by atoms with Crippen molar-refractivity contribution < 1.29 is 14.3 Å². The summed E-state index contributed by atoms with van der Waals surface area (Å²) in [5.74, 6) is -0.291. The molecule has 0 radical (unpaired) electrons. The highest BCUT2D eigenvalue weighted by Gasteiger charge is 2.33. The molecule has 2 aromatic rings. The summed E-state index contributed by atoms with van der Waals surface area (Å²) in [6.45, 7) is 1.64. The molecular weight excluding hydrogens is 294 g/mol. The zero-order chi connectivity index (χ0) is 15.8. The van der Waals surface area contributed by atoms with E-state index in [9.17, 15) is 9.59 Å². The van der Waals surface area contributed by atoms with Crippen LogP contribution in [-0.4, -0.2) is 46.0 Å². The summed E-state index contributed by atoms with van der Waals surface area (Å²) in [6, 6.07) is 8.01. The Morgan fingerprint density at radius 1 is 1.17 bits per heavy atom. The van der Waals surface area contributed by atoms with E-state index in [1.165, 1.54) is 17.1 Å². The summed E-state index contributed by atoms with van der Waals surface area (Å²) in [5.41, 5.74) is 1.98. The molecule has 118 valence electrons. The number of ether oxygens (including phenoxy) is 1. The first kappa shape index (κ1) is 14.1. The quantitative estimate of drug-likeness (QED) is 0.807. The highest BCUT2D eigenvalue weighted by Crippen LogP contribution is 2.30. The number of amides is 2. The van der Waals surface area contributed by atoms with Gasteiger partial charge >= 0.3 is 0 Å². The standard InChI is InChI=1S/C17H17N3O3/c21-16-5-6-17(22)19(16)9-12-7-8-23-10-15(12)20-11-18-13-3-1-2-4-14(13)20/h1-6,11-12,15H,7-10H2. The molecule has 2 aliphatic heterocycles. The maximum atomic E-state index is 11.8. The van der Waals surface area contributed by atoms with Gasteiger partial charge in [-0.3, -0.25) is 14.5 Å². The maximum Gasteiger partial charge on any atom is 0.253 e. The fourth-order valence-corrected chi connectivity index (χ4v) is 3.38. The van der Waals surface area contributed by atoms with E-state index < -0.39 is 0 Å². The van der Waals surface area contributed by atoms with Crippen LogP contribution in [0.2, 0.25) is 0 Å². The van der Waals surface area contributed by atoms with Crippen LogP contribution in [0.25, 0.3) is 11.0 Å². The van der Waals surface area contributed by atoms with E-state index in [4.69, 9.17) is 4.74 Å². The first-order valence-electron chi connectivity index (χ1n) is 7.77. The Balaban J connectivity index is 1.63. The average molecular weight is 311 g/mol. The summed E-state index contributed by atoms with van der Waals surface area (Å²) in [7, 11) is 0. The van der Waals surface area contributed by atoms with Crippen molar-refractivity contribution in [2.45, 2.75) is 12.5 Å². The highest BCUT2D eigenvalue weighted by atomic mass is 16.5. The van der Waals surface area contributed by atoms with Gasteiger partial charge in [0, 0.05) is 31.2 Å². The number of nitrogens with zero attached hydrogens (tertiary/aromatic N) is 3. The molecule has 0 bridgehead atoms. The predicted molar refractivity (Wildman–Crippen MR) is 83.6 cm³/mol. The largest absolute Gasteiger partial charge is 0.379 e. The number of fused-ring (bicyclic) bond motifs is 1. The molecule has 4 rings (SSSR count). The molecule has 3 heterocycles. The van der Waals surface area contributed by atoms with Crippen molar-refractivity contribution in [3.63, 3.8) is 0 Å². The Morgan fingerprint density at radius 3 is 2.78 bits per heavy atom. The number of carbonyl (C=O) groups is 2. The third kappa shape index (κ3) is 2.45. The van der Waals surface area contributed by atoms with Crippen molar-refractivity contribution in [3.8, 4) is 0 Å². The molecule has 2 amide bonds. The van der Waals surface area contributed by atoms with E-state index in [0.717, 1.165) is 17.5 Å². The van der Waals surface area contributed by atoms with Crippen LogP contribution in [0.3, 0.4) is 0 Å². The molecule has 1 fully saturated rings. The van der Waals surface area contributed by atoms with Crippen LogP contribution in [-0.2, 0) is 14.3 Å². The molecule has 1 aromatic carbocycles.